The fourth-order valence-corrected chi connectivity index (χ4v) is 3.88. The number of aromatic nitrogens is 1. The van der Waals surface area contributed by atoms with Crippen LogP contribution in [0.4, 0.5) is 5.69 Å². The first kappa shape index (κ1) is 25.4. The average molecular weight is 502 g/mol. The number of nitrogens with zero attached hydrogens (tertiary/aromatic N) is 1. The largest absolute Gasteiger partial charge is 0.491 e. The van der Waals surface area contributed by atoms with Crippen molar-refractivity contribution in [3.63, 3.8) is 0 Å². The van der Waals surface area contributed by atoms with Gasteiger partial charge in [-0.05, 0) is 98.1 Å². The topological polar surface area (TPSA) is 76.4 Å². The van der Waals surface area contributed by atoms with Crippen molar-refractivity contribution in [1.29, 1.82) is 0 Å². The van der Waals surface area contributed by atoms with E-state index in [9.17, 15) is 4.79 Å². The minimum Gasteiger partial charge on any atom is -0.491 e. The molecule has 0 aliphatic heterocycles. The van der Waals surface area contributed by atoms with Crippen LogP contribution >= 0.6 is 12.2 Å². The van der Waals surface area contributed by atoms with Crippen molar-refractivity contribution in [1.82, 2.24) is 10.3 Å². The lowest BCUT2D eigenvalue weighted by atomic mass is 9.98. The third-order valence-electron chi connectivity index (χ3n) is 6.22. The molecule has 36 heavy (non-hydrogen) atoms. The number of hydrogen-bond donors (Lipinski definition) is 2. The van der Waals surface area contributed by atoms with Gasteiger partial charge in [0.05, 0.1) is 6.10 Å². The van der Waals surface area contributed by atoms with Crippen molar-refractivity contribution in [2.75, 3.05) is 5.32 Å². The Morgan fingerprint density at radius 2 is 1.81 bits per heavy atom. The van der Waals surface area contributed by atoms with E-state index >= 15 is 0 Å². The molecule has 4 aromatic rings. The number of ether oxygens (including phenoxy) is 1. The minimum atomic E-state index is -0.304. The second kappa shape index (κ2) is 11.4. The Kier molecular flexibility index (Phi) is 8.00. The van der Waals surface area contributed by atoms with Crippen molar-refractivity contribution >= 4 is 40.0 Å². The quantitative estimate of drug-likeness (QED) is 0.247. The number of hydrogen-bond acceptors (Lipinski definition) is 5. The zero-order valence-electron chi connectivity index (χ0n) is 21.0. The molecule has 0 aliphatic carbocycles. The zero-order valence-corrected chi connectivity index (χ0v) is 21.8. The first-order valence-electron chi connectivity index (χ1n) is 12.3. The van der Waals surface area contributed by atoms with Gasteiger partial charge >= 0.3 is 0 Å². The van der Waals surface area contributed by atoms with Crippen molar-refractivity contribution in [2.24, 2.45) is 0 Å². The van der Waals surface area contributed by atoms with Crippen LogP contribution in [0, 0.1) is 0 Å². The number of rotatable bonds is 8. The summed E-state index contributed by atoms with van der Waals surface area (Å²) >= 11 is 5.34. The summed E-state index contributed by atoms with van der Waals surface area (Å²) in [5, 5.41) is 5.97. The first-order chi connectivity index (χ1) is 17.4. The Hall–Kier alpha value is -3.71. The Balaban J connectivity index is 1.39. The summed E-state index contributed by atoms with van der Waals surface area (Å²) in [6.07, 6.45) is 2.03. The predicted octanol–water partition coefficient (Wildman–Crippen LogP) is 7.31. The summed E-state index contributed by atoms with van der Waals surface area (Å²) in [4.78, 5) is 17.3. The first-order valence-corrected chi connectivity index (χ1v) is 12.7. The molecule has 1 aromatic heterocycles. The van der Waals surface area contributed by atoms with Crippen LogP contribution in [0.1, 0.15) is 62.4 Å². The molecule has 0 unspecified atom stereocenters. The molecule has 4 rings (SSSR count). The van der Waals surface area contributed by atoms with Gasteiger partial charge < -0.3 is 14.5 Å². The van der Waals surface area contributed by atoms with Crippen LogP contribution in [0.5, 0.6) is 5.75 Å². The van der Waals surface area contributed by atoms with E-state index in [0.29, 0.717) is 23.1 Å². The highest BCUT2D eigenvalue weighted by molar-refractivity contribution is 7.80. The molecule has 2 atom stereocenters. The Bertz CT molecular complexity index is 1360. The molecule has 0 saturated carbocycles. The minimum absolute atomic E-state index is 0.0750. The van der Waals surface area contributed by atoms with E-state index in [2.05, 4.69) is 48.5 Å². The lowest BCUT2D eigenvalue weighted by Crippen LogP contribution is -2.34. The lowest BCUT2D eigenvalue weighted by Gasteiger charge is -2.14. The van der Waals surface area contributed by atoms with E-state index in [1.54, 1.807) is 18.2 Å². The maximum atomic E-state index is 12.6. The molecule has 0 aliphatic rings. The highest BCUT2D eigenvalue weighted by atomic mass is 32.1. The molecule has 1 amide bonds. The number of carbonyl (C=O) groups excluding carboxylic acids is 1. The molecule has 0 saturated heterocycles. The summed E-state index contributed by atoms with van der Waals surface area (Å²) < 4.78 is 11.8. The molecule has 0 radical (unpaired) electrons. The zero-order chi connectivity index (χ0) is 25.7. The van der Waals surface area contributed by atoms with Gasteiger partial charge in [0.15, 0.2) is 10.7 Å². The van der Waals surface area contributed by atoms with Crippen molar-refractivity contribution in [3.8, 4) is 17.2 Å². The Morgan fingerprint density at radius 1 is 1.03 bits per heavy atom. The standard InChI is InChI=1S/C29H31N3O3S/c1-5-18(3)21-12-15-26-25(17-21)31-28(35-26)20-10-13-23(14-11-20)30-29(36)32-27(33)22-8-7-9-24(16-22)34-19(4)6-2/h7-19H,5-6H2,1-4H3,(H2,30,32,33,36)/t18-,19-/m0/s1. The smallest absolute Gasteiger partial charge is 0.257 e. The lowest BCUT2D eigenvalue weighted by molar-refractivity contribution is 0.0977. The van der Waals surface area contributed by atoms with Gasteiger partial charge in [-0.25, -0.2) is 4.98 Å². The van der Waals surface area contributed by atoms with E-state index in [0.717, 1.165) is 35.2 Å². The molecule has 3 aromatic carbocycles. The number of amides is 1. The molecular weight excluding hydrogens is 470 g/mol. The van der Waals surface area contributed by atoms with Gasteiger partial charge in [0.1, 0.15) is 11.3 Å². The van der Waals surface area contributed by atoms with Crippen LogP contribution < -0.4 is 15.4 Å². The predicted molar refractivity (Wildman–Crippen MR) is 149 cm³/mol. The fourth-order valence-electron chi connectivity index (χ4n) is 3.67. The Labute approximate surface area is 217 Å². The van der Waals surface area contributed by atoms with E-state index in [1.165, 1.54) is 5.56 Å². The molecule has 0 bridgehead atoms. The van der Waals surface area contributed by atoms with Crippen LogP contribution in [-0.4, -0.2) is 22.1 Å². The number of benzene rings is 3. The number of nitrogens with one attached hydrogen (secondary N) is 2. The van der Waals surface area contributed by atoms with Gasteiger partial charge in [-0.1, -0.05) is 32.9 Å². The third-order valence-corrected chi connectivity index (χ3v) is 6.42. The van der Waals surface area contributed by atoms with Crippen molar-refractivity contribution < 1.29 is 13.9 Å². The SMILES string of the molecule is CC[C@H](C)Oc1cccc(C(=O)NC(=S)Nc2ccc(-c3nc4cc([C@@H](C)CC)ccc4o3)cc2)c1. The van der Waals surface area contributed by atoms with Gasteiger partial charge in [-0.2, -0.15) is 0 Å². The number of anilines is 1. The summed E-state index contributed by atoms with van der Waals surface area (Å²) in [6, 6.07) is 20.8. The fraction of sp³-hybridized carbons (Fsp3) is 0.276. The van der Waals surface area contributed by atoms with Crippen molar-refractivity contribution in [3.05, 3.63) is 77.9 Å². The molecule has 7 heteroatoms. The maximum absolute atomic E-state index is 12.6. The highest BCUT2D eigenvalue weighted by Crippen LogP contribution is 2.28. The average Bonchev–Trinajstić information content (AvgIpc) is 3.32. The normalized spacial score (nSPS) is 12.7. The molecule has 1 heterocycles. The van der Waals surface area contributed by atoms with Gasteiger partial charge in [0, 0.05) is 16.8 Å². The van der Waals surface area contributed by atoms with Crippen LogP contribution in [-0.2, 0) is 0 Å². The Morgan fingerprint density at radius 3 is 2.53 bits per heavy atom. The van der Waals surface area contributed by atoms with E-state index in [4.69, 9.17) is 21.4 Å². The van der Waals surface area contributed by atoms with E-state index in [1.807, 2.05) is 43.3 Å². The highest BCUT2D eigenvalue weighted by Gasteiger charge is 2.13. The maximum Gasteiger partial charge on any atom is 0.257 e. The van der Waals surface area contributed by atoms with Gasteiger partial charge in [-0.3, -0.25) is 10.1 Å². The van der Waals surface area contributed by atoms with Crippen LogP contribution in [0.2, 0.25) is 0 Å². The second-order valence-electron chi connectivity index (χ2n) is 8.91. The van der Waals surface area contributed by atoms with Crippen molar-refractivity contribution in [2.45, 2.75) is 52.6 Å². The molecule has 6 nitrogen and oxygen atoms in total. The summed E-state index contributed by atoms with van der Waals surface area (Å²) in [6.45, 7) is 8.43. The van der Waals surface area contributed by atoms with E-state index < -0.39 is 0 Å². The molecule has 186 valence electrons. The molecule has 2 N–H and O–H groups in total. The van der Waals surface area contributed by atoms with Gasteiger partial charge in [0.2, 0.25) is 5.89 Å². The molecular formula is C29H31N3O3S. The summed E-state index contributed by atoms with van der Waals surface area (Å²) in [5.41, 5.74) is 4.95. The number of fused-ring (bicyclic) bond motifs is 1. The number of oxazole rings is 1. The third kappa shape index (κ3) is 6.10. The summed E-state index contributed by atoms with van der Waals surface area (Å²) in [7, 11) is 0. The summed E-state index contributed by atoms with van der Waals surface area (Å²) in [5.74, 6) is 1.39. The monoisotopic (exact) mass is 501 g/mol. The second-order valence-corrected chi connectivity index (χ2v) is 9.31. The van der Waals surface area contributed by atoms with E-state index in [-0.39, 0.29) is 17.1 Å². The van der Waals surface area contributed by atoms with Gasteiger partial charge in [0.25, 0.3) is 5.91 Å². The number of thiocarbonyl (C=S) groups is 1. The number of carbonyl (C=O) groups is 1. The molecule has 0 fully saturated rings. The van der Waals surface area contributed by atoms with Crippen LogP contribution in [0.3, 0.4) is 0 Å². The van der Waals surface area contributed by atoms with Crippen LogP contribution in [0.15, 0.2) is 71.1 Å². The van der Waals surface area contributed by atoms with Gasteiger partial charge in [-0.15, -0.1) is 0 Å². The van der Waals surface area contributed by atoms with Crippen LogP contribution in [0.25, 0.3) is 22.6 Å². The molecule has 0 spiro atoms.